The molecule has 2 heterocycles. The number of rotatable bonds is 8. The first kappa shape index (κ1) is 23.8. The van der Waals surface area contributed by atoms with Crippen LogP contribution in [0.4, 0.5) is 0 Å². The minimum atomic E-state index is -0.0719. The molecule has 2 fully saturated rings. The largest absolute Gasteiger partial charge is 0.493 e. The topological polar surface area (TPSA) is 98.2 Å². The summed E-state index contributed by atoms with van der Waals surface area (Å²) < 4.78 is 12.9. The van der Waals surface area contributed by atoms with Crippen LogP contribution in [0, 0.1) is 0 Å². The maximum atomic E-state index is 13.1. The van der Waals surface area contributed by atoms with Gasteiger partial charge >= 0.3 is 0 Å². The van der Waals surface area contributed by atoms with Gasteiger partial charge < -0.3 is 14.5 Å². The number of nitrogens with one attached hydrogen (secondary N) is 1. The Morgan fingerprint density at radius 1 is 0.943 bits per heavy atom. The van der Waals surface area contributed by atoms with E-state index in [0.29, 0.717) is 36.7 Å². The van der Waals surface area contributed by atoms with Gasteiger partial charge in [-0.05, 0) is 48.2 Å². The number of H-pyrrole nitrogens is 1. The fourth-order valence-electron chi connectivity index (χ4n) is 5.78. The number of hydrogen-bond acceptors (Lipinski definition) is 7. The molecule has 2 aliphatic rings. The van der Waals surface area contributed by atoms with Gasteiger partial charge in [-0.2, -0.15) is 0 Å². The van der Waals surface area contributed by atoms with Crippen LogP contribution in [0.1, 0.15) is 81.6 Å². The van der Waals surface area contributed by atoms with E-state index in [-0.39, 0.29) is 5.56 Å². The van der Waals surface area contributed by atoms with Gasteiger partial charge in [0.05, 0.1) is 32.3 Å². The zero-order chi connectivity index (χ0) is 24.2. The molecule has 9 nitrogen and oxygen atoms in total. The third kappa shape index (κ3) is 5.19. The van der Waals surface area contributed by atoms with Gasteiger partial charge in [-0.25, -0.2) is 4.68 Å². The lowest BCUT2D eigenvalue weighted by Gasteiger charge is -2.34. The third-order valence-corrected chi connectivity index (χ3v) is 7.72. The van der Waals surface area contributed by atoms with Gasteiger partial charge in [0.2, 0.25) is 0 Å². The van der Waals surface area contributed by atoms with Gasteiger partial charge in [0, 0.05) is 29.6 Å². The summed E-state index contributed by atoms with van der Waals surface area (Å²) in [5.74, 6) is 2.15. The maximum Gasteiger partial charge on any atom is 0.252 e. The molecule has 0 bridgehead atoms. The Balaban J connectivity index is 1.45. The summed E-state index contributed by atoms with van der Waals surface area (Å²) in [6, 6.07) is 6.52. The first-order chi connectivity index (χ1) is 17.2. The number of aromatic amines is 1. The van der Waals surface area contributed by atoms with Crippen molar-refractivity contribution in [2.45, 2.75) is 89.4 Å². The normalized spacial score (nSPS) is 17.8. The highest BCUT2D eigenvalue weighted by Gasteiger charge is 2.27. The number of hydrogen-bond donors (Lipinski definition) is 1. The zero-order valence-electron chi connectivity index (χ0n) is 20.8. The van der Waals surface area contributed by atoms with E-state index in [1.54, 1.807) is 14.2 Å². The lowest BCUT2D eigenvalue weighted by atomic mass is 9.93. The fraction of sp³-hybridized carbons (Fsp3) is 0.615. The second-order valence-electron chi connectivity index (χ2n) is 9.95. The molecule has 0 saturated heterocycles. The SMILES string of the molecule is COc1cc2cc(CN(Cc3nnnn3C3CCCCC3)C3CCCCC3)c(=O)[nH]c2cc1OC. The van der Waals surface area contributed by atoms with Crippen LogP contribution in [-0.4, -0.2) is 50.4 Å². The summed E-state index contributed by atoms with van der Waals surface area (Å²) in [6.45, 7) is 1.21. The van der Waals surface area contributed by atoms with Crippen LogP contribution < -0.4 is 15.0 Å². The van der Waals surface area contributed by atoms with Gasteiger partial charge in [-0.3, -0.25) is 9.69 Å². The molecule has 2 aliphatic carbocycles. The summed E-state index contributed by atoms with van der Waals surface area (Å²) in [4.78, 5) is 18.6. The molecule has 0 atom stereocenters. The van der Waals surface area contributed by atoms with Crippen molar-refractivity contribution in [2.75, 3.05) is 14.2 Å². The van der Waals surface area contributed by atoms with Gasteiger partial charge in [0.25, 0.3) is 5.56 Å². The first-order valence-corrected chi connectivity index (χ1v) is 12.9. The Hall–Kier alpha value is -2.94. The molecular formula is C26H36N6O3. The van der Waals surface area contributed by atoms with Crippen LogP contribution in [-0.2, 0) is 13.1 Å². The number of aromatic nitrogens is 5. The van der Waals surface area contributed by atoms with E-state index in [0.717, 1.165) is 48.0 Å². The summed E-state index contributed by atoms with van der Waals surface area (Å²) in [6.07, 6.45) is 12.0. The minimum Gasteiger partial charge on any atom is -0.493 e. The van der Waals surface area contributed by atoms with Crippen LogP contribution in [0.15, 0.2) is 23.0 Å². The van der Waals surface area contributed by atoms with Gasteiger partial charge in [-0.1, -0.05) is 38.5 Å². The number of benzene rings is 1. The minimum absolute atomic E-state index is 0.0719. The zero-order valence-corrected chi connectivity index (χ0v) is 20.8. The van der Waals surface area contributed by atoms with Gasteiger partial charge in [-0.15, -0.1) is 5.10 Å². The molecule has 3 aromatic rings. The molecule has 1 N–H and O–H groups in total. The Morgan fingerprint density at radius 3 is 2.34 bits per heavy atom. The Bertz CT molecular complexity index is 1190. The highest BCUT2D eigenvalue weighted by atomic mass is 16.5. The predicted molar refractivity (Wildman–Crippen MR) is 134 cm³/mol. The number of tetrazole rings is 1. The van der Waals surface area contributed by atoms with Crippen LogP contribution in [0.3, 0.4) is 0 Å². The number of ether oxygens (including phenoxy) is 2. The standard InChI is InChI=1S/C26H36N6O3/c1-34-23-14-18-13-19(26(33)27-22(18)15-24(23)35-2)16-31(20-9-5-3-6-10-20)17-25-28-29-30-32(25)21-11-7-4-8-12-21/h13-15,20-21H,3-12,16-17H2,1-2H3,(H,27,33). The second kappa shape index (κ2) is 10.8. The number of nitrogens with zero attached hydrogens (tertiary/aromatic N) is 5. The van der Waals surface area contributed by atoms with Crippen molar-refractivity contribution in [3.05, 3.63) is 39.9 Å². The van der Waals surface area contributed by atoms with E-state index < -0.39 is 0 Å². The van der Waals surface area contributed by atoms with E-state index in [2.05, 4.69) is 30.1 Å². The van der Waals surface area contributed by atoms with Crippen LogP contribution in [0.25, 0.3) is 10.9 Å². The van der Waals surface area contributed by atoms with Crippen LogP contribution >= 0.6 is 0 Å². The molecule has 188 valence electrons. The summed E-state index contributed by atoms with van der Waals surface area (Å²) in [5, 5.41) is 13.8. The smallest absolute Gasteiger partial charge is 0.252 e. The molecule has 35 heavy (non-hydrogen) atoms. The summed E-state index contributed by atoms with van der Waals surface area (Å²) >= 11 is 0. The quantitative estimate of drug-likeness (QED) is 0.511. The number of pyridine rings is 1. The van der Waals surface area contributed by atoms with Crippen molar-refractivity contribution in [1.29, 1.82) is 0 Å². The average molecular weight is 481 g/mol. The second-order valence-corrected chi connectivity index (χ2v) is 9.95. The lowest BCUT2D eigenvalue weighted by molar-refractivity contribution is 0.131. The molecule has 0 unspecified atom stereocenters. The number of methoxy groups -OCH3 is 2. The monoisotopic (exact) mass is 480 g/mol. The fourth-order valence-corrected chi connectivity index (χ4v) is 5.78. The summed E-state index contributed by atoms with van der Waals surface area (Å²) in [5.41, 5.74) is 1.41. The van der Waals surface area contributed by atoms with Crippen molar-refractivity contribution >= 4 is 10.9 Å². The molecule has 0 spiro atoms. The van der Waals surface area contributed by atoms with Gasteiger partial charge in [0.15, 0.2) is 17.3 Å². The Labute approximate surface area is 205 Å². The first-order valence-electron chi connectivity index (χ1n) is 12.9. The molecule has 0 aliphatic heterocycles. The molecular weight excluding hydrogens is 444 g/mol. The Morgan fingerprint density at radius 2 is 1.63 bits per heavy atom. The van der Waals surface area contributed by atoms with Crippen molar-refractivity contribution in [3.63, 3.8) is 0 Å². The molecule has 0 radical (unpaired) electrons. The van der Waals surface area contributed by atoms with Crippen molar-refractivity contribution in [2.24, 2.45) is 0 Å². The van der Waals surface area contributed by atoms with E-state index in [4.69, 9.17) is 9.47 Å². The van der Waals surface area contributed by atoms with Crippen molar-refractivity contribution in [1.82, 2.24) is 30.1 Å². The summed E-state index contributed by atoms with van der Waals surface area (Å²) in [7, 11) is 3.22. The van der Waals surface area contributed by atoms with Gasteiger partial charge in [0.1, 0.15) is 0 Å². The maximum absolute atomic E-state index is 13.1. The molecule has 2 saturated carbocycles. The predicted octanol–water partition coefficient (Wildman–Crippen LogP) is 4.37. The molecule has 0 amide bonds. The third-order valence-electron chi connectivity index (χ3n) is 7.72. The average Bonchev–Trinajstić information content (AvgIpc) is 3.37. The van der Waals surface area contributed by atoms with E-state index >= 15 is 0 Å². The highest BCUT2D eigenvalue weighted by molar-refractivity contribution is 5.83. The molecule has 1 aromatic carbocycles. The molecule has 9 heteroatoms. The number of fused-ring (bicyclic) bond motifs is 1. The Kier molecular flexibility index (Phi) is 7.32. The van der Waals surface area contributed by atoms with E-state index in [9.17, 15) is 4.79 Å². The van der Waals surface area contributed by atoms with Crippen molar-refractivity contribution in [3.8, 4) is 11.5 Å². The molecule has 2 aromatic heterocycles. The highest BCUT2D eigenvalue weighted by Crippen LogP contribution is 2.32. The lowest BCUT2D eigenvalue weighted by Crippen LogP contribution is -2.38. The van der Waals surface area contributed by atoms with Crippen molar-refractivity contribution < 1.29 is 9.47 Å². The van der Waals surface area contributed by atoms with E-state index in [1.165, 1.54) is 38.5 Å². The van der Waals surface area contributed by atoms with E-state index in [1.807, 2.05) is 18.2 Å². The molecule has 5 rings (SSSR count). The van der Waals surface area contributed by atoms with Crippen LogP contribution in [0.5, 0.6) is 11.5 Å². The van der Waals surface area contributed by atoms with Crippen LogP contribution in [0.2, 0.25) is 0 Å².